The lowest BCUT2D eigenvalue weighted by Crippen LogP contribution is -2.52. The maximum atomic E-state index is 11.4. The summed E-state index contributed by atoms with van der Waals surface area (Å²) in [6.45, 7) is 2.63. The standard InChI is InChI=1S/C13H22N4O/c1-13(15-2,12(14)18)7-8-17-9-16-10-5-3-4-6-11(10)17/h9,15H,3-8H2,1-2H3,(H2,14,18). The number of carbonyl (C=O) groups is 1. The van der Waals surface area contributed by atoms with Gasteiger partial charge in [-0.25, -0.2) is 4.98 Å². The van der Waals surface area contributed by atoms with Gasteiger partial charge in [-0.2, -0.15) is 0 Å². The maximum Gasteiger partial charge on any atom is 0.237 e. The number of likely N-dealkylation sites (N-methyl/N-ethyl adjacent to an activating group) is 1. The Hall–Kier alpha value is -1.36. The lowest BCUT2D eigenvalue weighted by Gasteiger charge is -2.26. The highest BCUT2D eigenvalue weighted by Crippen LogP contribution is 2.21. The van der Waals surface area contributed by atoms with E-state index in [-0.39, 0.29) is 5.91 Å². The van der Waals surface area contributed by atoms with Crippen molar-refractivity contribution in [3.63, 3.8) is 0 Å². The first-order valence-electron chi connectivity index (χ1n) is 6.58. The van der Waals surface area contributed by atoms with Crippen LogP contribution in [0, 0.1) is 0 Å². The number of nitrogens with zero attached hydrogens (tertiary/aromatic N) is 2. The van der Waals surface area contributed by atoms with Crippen LogP contribution in [0.15, 0.2) is 6.33 Å². The largest absolute Gasteiger partial charge is 0.368 e. The average molecular weight is 250 g/mol. The Morgan fingerprint density at radius 2 is 2.28 bits per heavy atom. The number of nitrogens with one attached hydrogen (secondary N) is 1. The lowest BCUT2D eigenvalue weighted by atomic mass is 9.96. The van der Waals surface area contributed by atoms with Crippen LogP contribution in [0.1, 0.15) is 37.6 Å². The van der Waals surface area contributed by atoms with Crippen molar-refractivity contribution in [1.29, 1.82) is 0 Å². The number of amides is 1. The van der Waals surface area contributed by atoms with Gasteiger partial charge in [0.1, 0.15) is 0 Å². The van der Waals surface area contributed by atoms with Crippen LogP contribution >= 0.6 is 0 Å². The molecule has 1 aliphatic carbocycles. The van der Waals surface area contributed by atoms with E-state index in [2.05, 4.69) is 14.9 Å². The summed E-state index contributed by atoms with van der Waals surface area (Å²) in [5.41, 5.74) is 7.35. The zero-order valence-electron chi connectivity index (χ0n) is 11.2. The predicted molar refractivity (Wildman–Crippen MR) is 70.1 cm³/mol. The number of hydrogen-bond acceptors (Lipinski definition) is 3. The molecule has 100 valence electrons. The van der Waals surface area contributed by atoms with Gasteiger partial charge in [0.05, 0.1) is 17.6 Å². The molecule has 18 heavy (non-hydrogen) atoms. The molecule has 0 radical (unpaired) electrons. The van der Waals surface area contributed by atoms with E-state index in [1.54, 1.807) is 7.05 Å². The molecule has 1 heterocycles. The van der Waals surface area contributed by atoms with Crippen molar-refractivity contribution in [2.24, 2.45) is 5.73 Å². The molecule has 1 aliphatic rings. The van der Waals surface area contributed by atoms with E-state index >= 15 is 0 Å². The van der Waals surface area contributed by atoms with Crippen molar-refractivity contribution in [3.05, 3.63) is 17.7 Å². The normalized spacial score (nSPS) is 18.1. The van der Waals surface area contributed by atoms with Crippen LogP contribution in [0.3, 0.4) is 0 Å². The van der Waals surface area contributed by atoms with E-state index in [9.17, 15) is 4.79 Å². The summed E-state index contributed by atoms with van der Waals surface area (Å²) < 4.78 is 2.17. The quantitative estimate of drug-likeness (QED) is 0.804. The molecular weight excluding hydrogens is 228 g/mol. The number of carbonyl (C=O) groups excluding carboxylic acids is 1. The summed E-state index contributed by atoms with van der Waals surface area (Å²) in [6, 6.07) is 0. The van der Waals surface area contributed by atoms with Crippen LogP contribution in [0.4, 0.5) is 0 Å². The Bertz CT molecular complexity index is 440. The molecule has 1 unspecified atom stereocenters. The Morgan fingerprint density at radius 3 is 2.94 bits per heavy atom. The number of nitrogens with two attached hydrogens (primary N) is 1. The van der Waals surface area contributed by atoms with Crippen molar-refractivity contribution in [1.82, 2.24) is 14.9 Å². The van der Waals surface area contributed by atoms with Crippen molar-refractivity contribution in [2.45, 2.75) is 51.1 Å². The molecular formula is C13H22N4O. The van der Waals surface area contributed by atoms with E-state index in [1.165, 1.54) is 24.2 Å². The van der Waals surface area contributed by atoms with Crippen LogP contribution in [0.5, 0.6) is 0 Å². The second kappa shape index (κ2) is 5.10. The molecule has 0 saturated carbocycles. The van der Waals surface area contributed by atoms with Gasteiger partial charge in [0, 0.05) is 12.2 Å². The summed E-state index contributed by atoms with van der Waals surface area (Å²) in [5, 5.41) is 3.01. The van der Waals surface area contributed by atoms with E-state index in [1.807, 2.05) is 13.3 Å². The van der Waals surface area contributed by atoms with Gasteiger partial charge in [0.25, 0.3) is 0 Å². The fourth-order valence-corrected chi connectivity index (χ4v) is 2.44. The molecule has 0 bridgehead atoms. The number of primary amides is 1. The number of rotatable bonds is 5. The third-order valence-corrected chi connectivity index (χ3v) is 4.06. The van der Waals surface area contributed by atoms with E-state index in [0.717, 1.165) is 19.4 Å². The fourth-order valence-electron chi connectivity index (χ4n) is 2.44. The third kappa shape index (κ3) is 2.41. The summed E-state index contributed by atoms with van der Waals surface area (Å²) in [7, 11) is 1.77. The number of aryl methyl sites for hydroxylation is 2. The Kier molecular flexibility index (Phi) is 3.71. The minimum Gasteiger partial charge on any atom is -0.368 e. The lowest BCUT2D eigenvalue weighted by molar-refractivity contribution is -0.123. The van der Waals surface area contributed by atoms with Gasteiger partial charge >= 0.3 is 0 Å². The molecule has 0 fully saturated rings. The van der Waals surface area contributed by atoms with Crippen LogP contribution in [0.2, 0.25) is 0 Å². The summed E-state index contributed by atoms with van der Waals surface area (Å²) in [5.74, 6) is -0.306. The third-order valence-electron chi connectivity index (χ3n) is 4.06. The van der Waals surface area contributed by atoms with Gasteiger partial charge in [-0.3, -0.25) is 4.79 Å². The van der Waals surface area contributed by atoms with E-state index < -0.39 is 5.54 Å². The number of fused-ring (bicyclic) bond motifs is 1. The van der Waals surface area contributed by atoms with Crippen LogP contribution in [-0.4, -0.2) is 28.0 Å². The van der Waals surface area contributed by atoms with Crippen molar-refractivity contribution in [2.75, 3.05) is 7.05 Å². The highest BCUT2D eigenvalue weighted by atomic mass is 16.1. The van der Waals surface area contributed by atoms with Gasteiger partial charge in [0.15, 0.2) is 0 Å². The molecule has 0 spiro atoms. The molecule has 1 atom stereocenters. The first kappa shape index (κ1) is 13.1. The van der Waals surface area contributed by atoms with Gasteiger partial charge < -0.3 is 15.6 Å². The maximum absolute atomic E-state index is 11.4. The molecule has 1 amide bonds. The average Bonchev–Trinajstić information content (AvgIpc) is 2.79. The molecule has 0 aromatic carbocycles. The minimum atomic E-state index is -0.647. The Morgan fingerprint density at radius 1 is 1.56 bits per heavy atom. The van der Waals surface area contributed by atoms with Gasteiger partial charge in [-0.05, 0) is 46.1 Å². The molecule has 1 aromatic heterocycles. The van der Waals surface area contributed by atoms with Crippen LogP contribution in [-0.2, 0) is 24.2 Å². The molecule has 0 saturated heterocycles. The predicted octanol–water partition coefficient (Wildman–Crippen LogP) is 0.615. The molecule has 2 rings (SSSR count). The Balaban J connectivity index is 2.06. The second-order valence-electron chi connectivity index (χ2n) is 5.23. The SMILES string of the molecule is CNC(C)(CCn1cnc2c1CCCC2)C(N)=O. The minimum absolute atomic E-state index is 0.306. The van der Waals surface area contributed by atoms with E-state index in [0.29, 0.717) is 6.42 Å². The van der Waals surface area contributed by atoms with Gasteiger partial charge in [0.2, 0.25) is 5.91 Å². The smallest absolute Gasteiger partial charge is 0.237 e. The molecule has 5 heteroatoms. The number of aromatic nitrogens is 2. The highest BCUT2D eigenvalue weighted by molar-refractivity contribution is 5.84. The highest BCUT2D eigenvalue weighted by Gasteiger charge is 2.29. The Labute approximate surface area is 108 Å². The second-order valence-corrected chi connectivity index (χ2v) is 5.23. The monoisotopic (exact) mass is 250 g/mol. The fraction of sp³-hybridized carbons (Fsp3) is 0.692. The van der Waals surface area contributed by atoms with Crippen LogP contribution in [0.25, 0.3) is 0 Å². The molecule has 3 N–H and O–H groups in total. The first-order chi connectivity index (χ1) is 8.57. The number of hydrogen-bond donors (Lipinski definition) is 2. The zero-order valence-corrected chi connectivity index (χ0v) is 11.2. The van der Waals surface area contributed by atoms with Crippen LogP contribution < -0.4 is 11.1 Å². The summed E-state index contributed by atoms with van der Waals surface area (Å²) >= 11 is 0. The number of imidazole rings is 1. The molecule has 5 nitrogen and oxygen atoms in total. The van der Waals surface area contributed by atoms with Crippen molar-refractivity contribution >= 4 is 5.91 Å². The molecule has 1 aromatic rings. The zero-order chi connectivity index (χ0) is 13.2. The van der Waals surface area contributed by atoms with E-state index in [4.69, 9.17) is 5.73 Å². The first-order valence-corrected chi connectivity index (χ1v) is 6.58. The van der Waals surface area contributed by atoms with Crippen molar-refractivity contribution < 1.29 is 4.79 Å². The summed E-state index contributed by atoms with van der Waals surface area (Å²) in [6.07, 6.45) is 7.23. The van der Waals surface area contributed by atoms with Gasteiger partial charge in [-0.1, -0.05) is 0 Å². The van der Waals surface area contributed by atoms with Gasteiger partial charge in [-0.15, -0.1) is 0 Å². The topological polar surface area (TPSA) is 72.9 Å². The summed E-state index contributed by atoms with van der Waals surface area (Å²) in [4.78, 5) is 15.9. The van der Waals surface area contributed by atoms with Crippen molar-refractivity contribution in [3.8, 4) is 0 Å². The molecule has 0 aliphatic heterocycles.